The van der Waals surface area contributed by atoms with Crippen molar-refractivity contribution in [2.45, 2.75) is 20.3 Å². The highest BCUT2D eigenvalue weighted by Gasteiger charge is 2.11. The predicted molar refractivity (Wildman–Crippen MR) is 85.9 cm³/mol. The van der Waals surface area contributed by atoms with Gasteiger partial charge in [0.1, 0.15) is 5.75 Å². The fraction of sp³-hybridized carbons (Fsp3) is 0.294. The molecule has 0 saturated heterocycles. The Morgan fingerprint density at radius 2 is 1.75 bits per heavy atom. The van der Waals surface area contributed by atoms with Crippen molar-refractivity contribution in [3.8, 4) is 5.75 Å². The second-order valence-electron chi connectivity index (χ2n) is 4.70. The quantitative estimate of drug-likeness (QED) is 0.835. The third-order valence-electron chi connectivity index (χ3n) is 3.44. The Bertz CT molecular complexity index is 564. The number of hydrogen-bond acceptors (Lipinski definition) is 3. The number of para-hydroxylation sites is 1. The number of ether oxygens (including phenoxy) is 1. The van der Waals surface area contributed by atoms with E-state index in [9.17, 15) is 0 Å². The molecule has 2 rings (SSSR count). The van der Waals surface area contributed by atoms with Crippen molar-refractivity contribution in [1.29, 1.82) is 0 Å². The SMILES string of the molecule is CCOc1cccc(N(C)c2ccc(CC)cc2)c1N. The molecule has 0 bridgehead atoms. The van der Waals surface area contributed by atoms with Crippen LogP contribution in [0.5, 0.6) is 5.75 Å². The highest BCUT2D eigenvalue weighted by molar-refractivity contribution is 5.78. The minimum Gasteiger partial charge on any atom is -0.492 e. The van der Waals surface area contributed by atoms with Crippen LogP contribution in [0.3, 0.4) is 0 Å². The molecule has 0 radical (unpaired) electrons. The average molecular weight is 270 g/mol. The number of hydrogen-bond donors (Lipinski definition) is 1. The third kappa shape index (κ3) is 2.87. The van der Waals surface area contributed by atoms with E-state index in [1.807, 2.05) is 32.2 Å². The van der Waals surface area contributed by atoms with Crippen molar-refractivity contribution in [2.75, 3.05) is 24.3 Å². The van der Waals surface area contributed by atoms with Gasteiger partial charge in [0.15, 0.2) is 0 Å². The van der Waals surface area contributed by atoms with Gasteiger partial charge in [-0.25, -0.2) is 0 Å². The van der Waals surface area contributed by atoms with Crippen LogP contribution in [0.25, 0.3) is 0 Å². The van der Waals surface area contributed by atoms with Crippen LogP contribution >= 0.6 is 0 Å². The summed E-state index contributed by atoms with van der Waals surface area (Å²) in [5.74, 6) is 0.738. The summed E-state index contributed by atoms with van der Waals surface area (Å²) in [5.41, 5.74) is 10.3. The molecule has 0 spiro atoms. The van der Waals surface area contributed by atoms with Gasteiger partial charge in [-0.1, -0.05) is 25.1 Å². The van der Waals surface area contributed by atoms with Gasteiger partial charge in [-0.05, 0) is 43.2 Å². The molecular weight excluding hydrogens is 248 g/mol. The summed E-state index contributed by atoms with van der Waals surface area (Å²) >= 11 is 0. The molecule has 0 unspecified atom stereocenters. The standard InChI is InChI=1S/C17H22N2O/c1-4-13-9-11-14(12-10-13)19(3)15-7-6-8-16(17(15)18)20-5-2/h6-12H,4-5,18H2,1-3H3. The van der Waals surface area contributed by atoms with Gasteiger partial charge >= 0.3 is 0 Å². The first-order valence-electron chi connectivity index (χ1n) is 7.01. The van der Waals surface area contributed by atoms with E-state index in [1.54, 1.807) is 0 Å². The molecule has 2 N–H and O–H groups in total. The molecule has 0 aliphatic carbocycles. The molecule has 0 saturated carbocycles. The molecule has 2 aromatic carbocycles. The lowest BCUT2D eigenvalue weighted by molar-refractivity contribution is 0.342. The van der Waals surface area contributed by atoms with Crippen LogP contribution in [0.2, 0.25) is 0 Å². The number of aryl methyl sites for hydroxylation is 1. The molecule has 0 amide bonds. The van der Waals surface area contributed by atoms with Crippen molar-refractivity contribution in [1.82, 2.24) is 0 Å². The molecule has 0 heterocycles. The van der Waals surface area contributed by atoms with Crippen molar-refractivity contribution in [3.05, 3.63) is 48.0 Å². The topological polar surface area (TPSA) is 38.5 Å². The van der Waals surface area contributed by atoms with Crippen LogP contribution in [-0.4, -0.2) is 13.7 Å². The van der Waals surface area contributed by atoms with Gasteiger partial charge in [-0.2, -0.15) is 0 Å². The van der Waals surface area contributed by atoms with E-state index in [0.717, 1.165) is 23.5 Å². The number of nitrogens with two attached hydrogens (primary N) is 1. The monoisotopic (exact) mass is 270 g/mol. The van der Waals surface area contributed by atoms with E-state index in [2.05, 4.69) is 36.1 Å². The molecule has 0 atom stereocenters. The van der Waals surface area contributed by atoms with E-state index >= 15 is 0 Å². The number of rotatable bonds is 5. The number of nitrogen functional groups attached to an aromatic ring is 1. The van der Waals surface area contributed by atoms with Gasteiger partial charge in [0.2, 0.25) is 0 Å². The van der Waals surface area contributed by atoms with Gasteiger partial charge in [-0.3, -0.25) is 0 Å². The van der Waals surface area contributed by atoms with Crippen LogP contribution < -0.4 is 15.4 Å². The molecular formula is C17H22N2O. The molecule has 0 aromatic heterocycles. The lowest BCUT2D eigenvalue weighted by atomic mass is 10.1. The largest absolute Gasteiger partial charge is 0.492 e. The van der Waals surface area contributed by atoms with E-state index in [1.165, 1.54) is 5.56 Å². The summed E-state index contributed by atoms with van der Waals surface area (Å²) in [7, 11) is 2.02. The average Bonchev–Trinajstić information content (AvgIpc) is 2.49. The Kier molecular flexibility index (Phi) is 4.51. The second-order valence-corrected chi connectivity index (χ2v) is 4.70. The summed E-state index contributed by atoms with van der Waals surface area (Å²) in [4.78, 5) is 2.08. The Morgan fingerprint density at radius 3 is 2.35 bits per heavy atom. The van der Waals surface area contributed by atoms with Crippen molar-refractivity contribution < 1.29 is 4.74 Å². The molecule has 106 valence electrons. The van der Waals surface area contributed by atoms with E-state index in [-0.39, 0.29) is 0 Å². The minimum atomic E-state index is 0.614. The van der Waals surface area contributed by atoms with Gasteiger partial charge in [-0.15, -0.1) is 0 Å². The number of nitrogens with zero attached hydrogens (tertiary/aromatic N) is 1. The fourth-order valence-electron chi connectivity index (χ4n) is 2.20. The molecule has 0 fully saturated rings. The van der Waals surface area contributed by atoms with Crippen LogP contribution in [-0.2, 0) is 6.42 Å². The summed E-state index contributed by atoms with van der Waals surface area (Å²) in [6, 6.07) is 14.4. The molecule has 3 heteroatoms. The maximum absolute atomic E-state index is 6.20. The molecule has 0 aliphatic rings. The normalized spacial score (nSPS) is 10.3. The highest BCUT2D eigenvalue weighted by atomic mass is 16.5. The summed E-state index contributed by atoms with van der Waals surface area (Å²) < 4.78 is 5.55. The molecule has 2 aromatic rings. The predicted octanol–water partition coefficient (Wildman–Crippen LogP) is 4.00. The highest BCUT2D eigenvalue weighted by Crippen LogP contribution is 2.35. The summed E-state index contributed by atoms with van der Waals surface area (Å²) in [6.07, 6.45) is 1.05. The first-order valence-corrected chi connectivity index (χ1v) is 7.01. The Morgan fingerprint density at radius 1 is 1.05 bits per heavy atom. The Balaban J connectivity index is 2.32. The zero-order chi connectivity index (χ0) is 14.5. The van der Waals surface area contributed by atoms with Gasteiger partial charge < -0.3 is 15.4 Å². The minimum absolute atomic E-state index is 0.614. The first kappa shape index (κ1) is 14.3. The Hall–Kier alpha value is -2.16. The zero-order valence-electron chi connectivity index (χ0n) is 12.4. The van der Waals surface area contributed by atoms with Gasteiger partial charge in [0, 0.05) is 12.7 Å². The Labute approximate surface area is 121 Å². The lowest BCUT2D eigenvalue weighted by Crippen LogP contribution is -2.12. The first-order chi connectivity index (χ1) is 9.67. The second kappa shape index (κ2) is 6.33. The maximum atomic E-state index is 6.20. The van der Waals surface area contributed by atoms with Crippen molar-refractivity contribution in [3.63, 3.8) is 0 Å². The summed E-state index contributed by atoms with van der Waals surface area (Å²) in [5, 5.41) is 0. The van der Waals surface area contributed by atoms with Crippen molar-refractivity contribution in [2.24, 2.45) is 0 Å². The van der Waals surface area contributed by atoms with E-state index < -0.39 is 0 Å². The van der Waals surface area contributed by atoms with Crippen LogP contribution in [0.1, 0.15) is 19.4 Å². The van der Waals surface area contributed by atoms with E-state index in [0.29, 0.717) is 12.3 Å². The molecule has 20 heavy (non-hydrogen) atoms. The van der Waals surface area contributed by atoms with Gasteiger partial charge in [0.25, 0.3) is 0 Å². The van der Waals surface area contributed by atoms with E-state index in [4.69, 9.17) is 10.5 Å². The van der Waals surface area contributed by atoms with Crippen LogP contribution in [0, 0.1) is 0 Å². The fourth-order valence-corrected chi connectivity index (χ4v) is 2.20. The zero-order valence-corrected chi connectivity index (χ0v) is 12.4. The number of benzene rings is 2. The molecule has 0 aliphatic heterocycles. The van der Waals surface area contributed by atoms with Crippen molar-refractivity contribution >= 4 is 17.1 Å². The number of anilines is 3. The third-order valence-corrected chi connectivity index (χ3v) is 3.44. The smallest absolute Gasteiger partial charge is 0.144 e. The lowest BCUT2D eigenvalue weighted by Gasteiger charge is -2.22. The van der Waals surface area contributed by atoms with Gasteiger partial charge in [0.05, 0.1) is 18.0 Å². The van der Waals surface area contributed by atoms with Crippen LogP contribution in [0.15, 0.2) is 42.5 Å². The summed E-state index contributed by atoms with van der Waals surface area (Å²) in [6.45, 7) is 4.73. The van der Waals surface area contributed by atoms with Crippen LogP contribution in [0.4, 0.5) is 17.1 Å². The maximum Gasteiger partial charge on any atom is 0.144 e. The molecule has 3 nitrogen and oxygen atoms in total.